The second-order valence-corrected chi connectivity index (χ2v) is 10.7. The molecule has 10 nitrogen and oxygen atoms in total. The van der Waals surface area contributed by atoms with Crippen molar-refractivity contribution in [2.75, 3.05) is 78.3 Å². The van der Waals surface area contributed by atoms with Crippen LogP contribution in [-0.2, 0) is 22.5 Å². The number of hydrogen-bond acceptors (Lipinski definition) is 8. The summed E-state index contributed by atoms with van der Waals surface area (Å²) in [5.74, 6) is 1.79. The van der Waals surface area contributed by atoms with Gasteiger partial charge in [0.15, 0.2) is 11.5 Å². The van der Waals surface area contributed by atoms with Crippen molar-refractivity contribution >= 4 is 29.4 Å². The summed E-state index contributed by atoms with van der Waals surface area (Å²) in [4.78, 5) is 34.0. The second-order valence-electron chi connectivity index (χ2n) is 9.87. The van der Waals surface area contributed by atoms with Crippen molar-refractivity contribution in [2.24, 2.45) is 0 Å². The summed E-state index contributed by atoms with van der Waals surface area (Å²) in [6.45, 7) is 4.67. The minimum Gasteiger partial charge on any atom is -0.493 e. The van der Waals surface area contributed by atoms with Gasteiger partial charge in [0.05, 0.1) is 40.2 Å². The third kappa shape index (κ3) is 9.17. The standard InChI is InChI=1S/C31H40N4O6S/c1-38-28-11-6-24(21-29(28)39-2)12-13-34(22-26-5-4-18-41-26)30(36)23-35(15-14-33-16-19-40-20-17-33)31(37)32-25-7-9-27(42-3)10-8-25/h4-11,18,21H,12-17,19-20,22-23H2,1-3H3,(H,32,37). The van der Waals surface area contributed by atoms with Crippen LogP contribution >= 0.6 is 11.8 Å². The zero-order valence-corrected chi connectivity index (χ0v) is 25.4. The SMILES string of the molecule is COc1ccc(CCN(Cc2ccco2)C(=O)CN(CCN2CCOCC2)C(=O)Nc2ccc(SC)cc2)cc1OC. The summed E-state index contributed by atoms with van der Waals surface area (Å²) < 4.78 is 21.8. The molecule has 0 radical (unpaired) electrons. The Morgan fingerprint density at radius 2 is 1.74 bits per heavy atom. The molecule has 0 saturated carbocycles. The molecule has 1 fully saturated rings. The number of ether oxygens (including phenoxy) is 3. The van der Waals surface area contributed by atoms with Gasteiger partial charge in [-0.25, -0.2) is 4.79 Å². The number of furan rings is 1. The first-order chi connectivity index (χ1) is 20.5. The molecule has 1 saturated heterocycles. The van der Waals surface area contributed by atoms with Crippen molar-refractivity contribution in [1.82, 2.24) is 14.7 Å². The Hall–Kier alpha value is -3.67. The second kappa shape index (κ2) is 16.1. The third-order valence-electron chi connectivity index (χ3n) is 7.14. The number of nitrogens with zero attached hydrogens (tertiary/aromatic N) is 3. The lowest BCUT2D eigenvalue weighted by molar-refractivity contribution is -0.132. The van der Waals surface area contributed by atoms with Gasteiger partial charge in [0.1, 0.15) is 12.3 Å². The van der Waals surface area contributed by atoms with E-state index in [9.17, 15) is 9.59 Å². The lowest BCUT2D eigenvalue weighted by Crippen LogP contribution is -2.48. The number of benzene rings is 2. The van der Waals surface area contributed by atoms with Crippen LogP contribution in [0.25, 0.3) is 0 Å². The van der Waals surface area contributed by atoms with E-state index < -0.39 is 0 Å². The van der Waals surface area contributed by atoms with Gasteiger partial charge in [-0.05, 0) is 66.8 Å². The minimum absolute atomic E-state index is 0.0638. The number of thioether (sulfide) groups is 1. The zero-order valence-electron chi connectivity index (χ0n) is 24.5. The maximum atomic E-state index is 13.8. The maximum Gasteiger partial charge on any atom is 0.322 e. The molecule has 42 heavy (non-hydrogen) atoms. The monoisotopic (exact) mass is 596 g/mol. The van der Waals surface area contributed by atoms with Crippen LogP contribution in [0.5, 0.6) is 11.5 Å². The van der Waals surface area contributed by atoms with Gasteiger partial charge >= 0.3 is 6.03 Å². The van der Waals surface area contributed by atoms with Crippen LogP contribution < -0.4 is 14.8 Å². The van der Waals surface area contributed by atoms with Gasteiger partial charge in [0, 0.05) is 43.3 Å². The molecule has 3 amide bonds. The highest BCUT2D eigenvalue weighted by molar-refractivity contribution is 7.98. The smallest absolute Gasteiger partial charge is 0.322 e. The Balaban J connectivity index is 1.47. The van der Waals surface area contributed by atoms with Crippen LogP contribution in [0.3, 0.4) is 0 Å². The van der Waals surface area contributed by atoms with Crippen LogP contribution in [0.2, 0.25) is 0 Å². The quantitative estimate of drug-likeness (QED) is 0.273. The first kappa shape index (κ1) is 31.3. The van der Waals surface area contributed by atoms with Crippen molar-refractivity contribution in [3.8, 4) is 11.5 Å². The largest absolute Gasteiger partial charge is 0.493 e. The Morgan fingerprint density at radius 3 is 2.40 bits per heavy atom. The van der Waals surface area contributed by atoms with E-state index in [0.29, 0.717) is 68.8 Å². The predicted octanol–water partition coefficient (Wildman–Crippen LogP) is 4.46. The van der Waals surface area contributed by atoms with E-state index in [1.807, 2.05) is 54.8 Å². The molecule has 0 bridgehead atoms. The normalized spacial score (nSPS) is 13.4. The fourth-order valence-corrected chi connectivity index (χ4v) is 5.07. The number of urea groups is 1. The van der Waals surface area contributed by atoms with Gasteiger partial charge in [0.25, 0.3) is 0 Å². The van der Waals surface area contributed by atoms with Gasteiger partial charge < -0.3 is 33.7 Å². The van der Waals surface area contributed by atoms with E-state index >= 15 is 0 Å². The van der Waals surface area contributed by atoms with Crippen molar-refractivity contribution in [1.29, 1.82) is 0 Å². The molecule has 0 unspecified atom stereocenters. The molecule has 0 atom stereocenters. The lowest BCUT2D eigenvalue weighted by Gasteiger charge is -2.31. The number of hydrogen-bond donors (Lipinski definition) is 1. The van der Waals surface area contributed by atoms with Crippen LogP contribution in [0.15, 0.2) is 70.2 Å². The first-order valence-corrected chi connectivity index (χ1v) is 15.2. The number of rotatable bonds is 14. The zero-order chi connectivity index (χ0) is 29.7. The first-order valence-electron chi connectivity index (χ1n) is 14.0. The van der Waals surface area contributed by atoms with Gasteiger partial charge in [0.2, 0.25) is 5.91 Å². The molecule has 3 aromatic rings. The summed E-state index contributed by atoms with van der Waals surface area (Å²) in [5.41, 5.74) is 1.68. The lowest BCUT2D eigenvalue weighted by atomic mass is 10.1. The van der Waals surface area contributed by atoms with Gasteiger partial charge in [-0.3, -0.25) is 9.69 Å². The highest BCUT2D eigenvalue weighted by Gasteiger charge is 2.24. The fraction of sp³-hybridized carbons (Fsp3) is 0.419. The number of morpholine rings is 1. The molecular formula is C31H40N4O6S. The van der Waals surface area contributed by atoms with E-state index in [0.717, 1.165) is 23.5 Å². The van der Waals surface area contributed by atoms with Crippen LogP contribution in [0, 0.1) is 0 Å². The van der Waals surface area contributed by atoms with Crippen LogP contribution in [0.4, 0.5) is 10.5 Å². The molecule has 4 rings (SSSR count). The highest BCUT2D eigenvalue weighted by Crippen LogP contribution is 2.28. The van der Waals surface area contributed by atoms with Gasteiger partial charge in [-0.1, -0.05) is 6.07 Å². The molecule has 0 aliphatic carbocycles. The third-order valence-corrected chi connectivity index (χ3v) is 7.89. The van der Waals surface area contributed by atoms with Crippen molar-refractivity contribution in [2.45, 2.75) is 17.9 Å². The van der Waals surface area contributed by atoms with E-state index in [2.05, 4.69) is 10.2 Å². The topological polar surface area (TPSA) is 96.7 Å². The van der Waals surface area contributed by atoms with Crippen molar-refractivity contribution in [3.05, 3.63) is 72.2 Å². The minimum atomic E-state index is -0.314. The fourth-order valence-electron chi connectivity index (χ4n) is 4.66. The molecule has 1 aliphatic heterocycles. The number of carbonyl (C=O) groups excluding carboxylic acids is 2. The van der Waals surface area contributed by atoms with Crippen LogP contribution in [0.1, 0.15) is 11.3 Å². The number of nitrogens with one attached hydrogen (secondary N) is 1. The Bertz CT molecular complexity index is 1260. The average molecular weight is 597 g/mol. The Kier molecular flexibility index (Phi) is 12.0. The molecule has 2 heterocycles. The molecular weight excluding hydrogens is 556 g/mol. The number of methoxy groups -OCH3 is 2. The van der Waals surface area contributed by atoms with E-state index in [1.54, 1.807) is 48.1 Å². The van der Waals surface area contributed by atoms with Crippen LogP contribution in [-0.4, -0.2) is 99.6 Å². The van der Waals surface area contributed by atoms with Crippen molar-refractivity contribution in [3.63, 3.8) is 0 Å². The Labute approximate surface area is 251 Å². The highest BCUT2D eigenvalue weighted by atomic mass is 32.2. The van der Waals surface area contributed by atoms with E-state index in [-0.39, 0.29) is 18.5 Å². The summed E-state index contributed by atoms with van der Waals surface area (Å²) in [5, 5.41) is 2.97. The summed E-state index contributed by atoms with van der Waals surface area (Å²) in [6, 6.07) is 16.7. The molecule has 226 valence electrons. The molecule has 0 spiro atoms. The molecule has 1 aliphatic rings. The molecule has 11 heteroatoms. The number of anilines is 1. The molecule has 1 aromatic heterocycles. The van der Waals surface area contributed by atoms with Gasteiger partial charge in [-0.15, -0.1) is 11.8 Å². The number of carbonyl (C=O) groups is 2. The Morgan fingerprint density at radius 1 is 0.976 bits per heavy atom. The van der Waals surface area contributed by atoms with E-state index in [4.69, 9.17) is 18.6 Å². The maximum absolute atomic E-state index is 13.8. The summed E-state index contributed by atoms with van der Waals surface area (Å²) in [6.07, 6.45) is 4.19. The summed E-state index contributed by atoms with van der Waals surface area (Å²) >= 11 is 1.64. The number of amides is 3. The predicted molar refractivity (Wildman–Crippen MR) is 163 cm³/mol. The molecule has 1 N–H and O–H groups in total. The van der Waals surface area contributed by atoms with Gasteiger partial charge in [-0.2, -0.15) is 0 Å². The molecule has 2 aromatic carbocycles. The van der Waals surface area contributed by atoms with E-state index in [1.165, 1.54) is 0 Å². The summed E-state index contributed by atoms with van der Waals surface area (Å²) in [7, 11) is 3.20. The van der Waals surface area contributed by atoms with Crippen molar-refractivity contribution < 1.29 is 28.2 Å². The average Bonchev–Trinajstić information content (AvgIpc) is 3.55.